The van der Waals surface area contributed by atoms with Crippen molar-refractivity contribution in [1.29, 1.82) is 5.26 Å². The first-order valence-corrected chi connectivity index (χ1v) is 6.71. The van der Waals surface area contributed by atoms with Crippen LogP contribution in [0.15, 0.2) is 47.6 Å². The molecule has 2 rings (SSSR count). The molecule has 4 nitrogen and oxygen atoms in total. The highest BCUT2D eigenvalue weighted by Gasteiger charge is 2.10. The van der Waals surface area contributed by atoms with Gasteiger partial charge in [0.15, 0.2) is 5.71 Å². The Hall–Kier alpha value is -2.58. The fraction of sp³-hybridized carbons (Fsp3) is 0.125. The van der Waals surface area contributed by atoms with Crippen molar-refractivity contribution in [1.82, 2.24) is 0 Å². The Bertz CT molecular complexity index is 741. The van der Waals surface area contributed by atoms with E-state index in [-0.39, 0.29) is 17.3 Å². The molecule has 0 N–H and O–H groups in total. The summed E-state index contributed by atoms with van der Waals surface area (Å²) in [4.78, 5) is 4.66. The molecule has 0 aromatic heterocycles. The molecule has 0 saturated carbocycles. The number of rotatable bonds is 5. The molecule has 0 aliphatic heterocycles. The summed E-state index contributed by atoms with van der Waals surface area (Å²) in [5.74, 6) is -0.0724. The van der Waals surface area contributed by atoms with Gasteiger partial charge in [0.2, 0.25) is 0 Å². The molecule has 0 bridgehead atoms. The Labute approximate surface area is 132 Å². The lowest BCUT2D eigenvalue weighted by Gasteiger charge is -2.10. The molecule has 0 aliphatic carbocycles. The van der Waals surface area contributed by atoms with Gasteiger partial charge in [-0.15, -0.1) is 0 Å². The third-order valence-corrected chi connectivity index (χ3v) is 3.14. The summed E-state index contributed by atoms with van der Waals surface area (Å²) in [6, 6.07) is 13.3. The van der Waals surface area contributed by atoms with Gasteiger partial charge in [-0.25, -0.2) is 4.39 Å². The van der Waals surface area contributed by atoms with Gasteiger partial charge in [-0.05, 0) is 17.7 Å². The minimum Gasteiger partial charge on any atom is -0.489 e. The van der Waals surface area contributed by atoms with Gasteiger partial charge in [-0.2, -0.15) is 5.26 Å². The minimum absolute atomic E-state index is 0.00977. The number of nitrogens with zero attached hydrogens (tertiary/aromatic N) is 2. The lowest BCUT2D eigenvalue weighted by Crippen LogP contribution is -2.06. The topological polar surface area (TPSA) is 54.6 Å². The fourth-order valence-electron chi connectivity index (χ4n) is 1.83. The highest BCUT2D eigenvalue weighted by molar-refractivity contribution is 6.30. The molecule has 2 aromatic carbocycles. The standard InChI is InChI=1S/C16H12ClFN2O2/c1-21-20-16(9-19)13-5-3-2-4-11(13)10-22-12-6-7-15(18)14(17)8-12/h2-8H,10H2,1H3/b20-16-. The smallest absolute Gasteiger partial charge is 0.187 e. The number of halogens is 2. The van der Waals surface area contributed by atoms with Crippen LogP contribution in [0.1, 0.15) is 11.1 Å². The number of hydrogen-bond donors (Lipinski definition) is 0. The number of oxime groups is 1. The molecule has 0 atom stereocenters. The van der Waals surface area contributed by atoms with Crippen molar-refractivity contribution in [3.8, 4) is 11.8 Å². The normalized spacial score (nSPS) is 10.9. The number of nitriles is 1. The first-order valence-electron chi connectivity index (χ1n) is 6.33. The number of benzene rings is 2. The molecule has 0 heterocycles. The third-order valence-electron chi connectivity index (χ3n) is 2.85. The van der Waals surface area contributed by atoms with Crippen LogP contribution in [0, 0.1) is 17.1 Å². The van der Waals surface area contributed by atoms with Gasteiger partial charge in [0.25, 0.3) is 0 Å². The zero-order valence-electron chi connectivity index (χ0n) is 11.7. The summed E-state index contributed by atoms with van der Waals surface area (Å²) in [5, 5.41) is 12.8. The van der Waals surface area contributed by atoms with E-state index in [9.17, 15) is 4.39 Å². The molecule has 22 heavy (non-hydrogen) atoms. The average molecular weight is 319 g/mol. The van der Waals surface area contributed by atoms with E-state index in [0.717, 1.165) is 5.56 Å². The lowest BCUT2D eigenvalue weighted by atomic mass is 10.0. The Kier molecular flexibility index (Phi) is 5.34. The van der Waals surface area contributed by atoms with E-state index in [0.29, 0.717) is 11.3 Å². The van der Waals surface area contributed by atoms with Gasteiger partial charge in [-0.1, -0.05) is 41.0 Å². The maximum Gasteiger partial charge on any atom is 0.187 e. The van der Waals surface area contributed by atoms with Crippen molar-refractivity contribution in [3.05, 3.63) is 64.4 Å². The summed E-state index contributed by atoms with van der Waals surface area (Å²) in [6.07, 6.45) is 0. The highest BCUT2D eigenvalue weighted by atomic mass is 35.5. The second kappa shape index (κ2) is 7.43. The Morgan fingerprint density at radius 2 is 2.09 bits per heavy atom. The summed E-state index contributed by atoms with van der Waals surface area (Å²) in [7, 11) is 1.37. The van der Waals surface area contributed by atoms with Crippen LogP contribution in [0.4, 0.5) is 4.39 Å². The van der Waals surface area contributed by atoms with E-state index in [1.54, 1.807) is 12.1 Å². The summed E-state index contributed by atoms with van der Waals surface area (Å²) < 4.78 is 18.7. The monoisotopic (exact) mass is 318 g/mol. The summed E-state index contributed by atoms with van der Waals surface area (Å²) in [6.45, 7) is 0.183. The summed E-state index contributed by atoms with van der Waals surface area (Å²) >= 11 is 5.71. The predicted molar refractivity (Wildman–Crippen MR) is 81.3 cm³/mol. The predicted octanol–water partition coefficient (Wildman–Crippen LogP) is 3.93. The van der Waals surface area contributed by atoms with Gasteiger partial charge < -0.3 is 9.57 Å². The molecular weight excluding hydrogens is 307 g/mol. The second-order valence-electron chi connectivity index (χ2n) is 4.26. The Morgan fingerprint density at radius 3 is 2.77 bits per heavy atom. The van der Waals surface area contributed by atoms with E-state index < -0.39 is 5.82 Å². The van der Waals surface area contributed by atoms with E-state index in [4.69, 9.17) is 21.6 Å². The molecule has 0 aliphatic rings. The molecule has 112 valence electrons. The number of ether oxygens (including phenoxy) is 1. The Balaban J connectivity index is 2.21. The van der Waals surface area contributed by atoms with Gasteiger partial charge >= 0.3 is 0 Å². The minimum atomic E-state index is -0.506. The van der Waals surface area contributed by atoms with Crippen molar-refractivity contribution in [2.24, 2.45) is 5.16 Å². The maximum absolute atomic E-state index is 13.1. The largest absolute Gasteiger partial charge is 0.489 e. The van der Waals surface area contributed by atoms with Crippen molar-refractivity contribution >= 4 is 17.3 Å². The van der Waals surface area contributed by atoms with Gasteiger partial charge in [0, 0.05) is 11.6 Å². The van der Waals surface area contributed by atoms with Crippen molar-refractivity contribution in [2.45, 2.75) is 6.61 Å². The van der Waals surface area contributed by atoms with Crippen LogP contribution in [-0.2, 0) is 11.4 Å². The third kappa shape index (κ3) is 3.74. The molecule has 0 amide bonds. The van der Waals surface area contributed by atoms with Crippen LogP contribution in [0.2, 0.25) is 5.02 Å². The fourth-order valence-corrected chi connectivity index (χ4v) is 2.00. The molecule has 6 heteroatoms. The molecule has 0 fully saturated rings. The molecule has 0 saturated heterocycles. The van der Waals surface area contributed by atoms with Crippen LogP contribution >= 0.6 is 11.6 Å². The number of hydrogen-bond acceptors (Lipinski definition) is 4. The van der Waals surface area contributed by atoms with Crippen molar-refractivity contribution in [2.75, 3.05) is 7.11 Å². The molecule has 0 spiro atoms. The molecule has 2 aromatic rings. The van der Waals surface area contributed by atoms with E-state index >= 15 is 0 Å². The van der Waals surface area contributed by atoms with Crippen LogP contribution < -0.4 is 4.74 Å². The lowest BCUT2D eigenvalue weighted by molar-refractivity contribution is 0.214. The van der Waals surface area contributed by atoms with Crippen molar-refractivity contribution in [3.63, 3.8) is 0 Å². The van der Waals surface area contributed by atoms with Crippen LogP contribution in [0.3, 0.4) is 0 Å². The molecular formula is C16H12ClFN2O2. The maximum atomic E-state index is 13.1. The first-order chi connectivity index (χ1) is 10.7. The zero-order chi connectivity index (χ0) is 15.9. The van der Waals surface area contributed by atoms with Crippen molar-refractivity contribution < 1.29 is 14.0 Å². The van der Waals surface area contributed by atoms with E-state index in [2.05, 4.69) is 9.99 Å². The summed E-state index contributed by atoms with van der Waals surface area (Å²) in [5.41, 5.74) is 1.51. The highest BCUT2D eigenvalue weighted by Crippen LogP contribution is 2.22. The van der Waals surface area contributed by atoms with Gasteiger partial charge in [0.1, 0.15) is 31.4 Å². The second-order valence-corrected chi connectivity index (χ2v) is 4.66. The SMILES string of the molecule is CO/N=C(/C#N)c1ccccc1COc1ccc(F)c(Cl)c1. The first kappa shape index (κ1) is 15.8. The van der Waals surface area contributed by atoms with E-state index in [1.165, 1.54) is 25.3 Å². The van der Waals surface area contributed by atoms with Crippen LogP contribution in [0.5, 0.6) is 5.75 Å². The Morgan fingerprint density at radius 1 is 1.32 bits per heavy atom. The molecule has 0 radical (unpaired) electrons. The average Bonchev–Trinajstić information content (AvgIpc) is 2.54. The zero-order valence-corrected chi connectivity index (χ0v) is 12.5. The van der Waals surface area contributed by atoms with Crippen LogP contribution in [-0.4, -0.2) is 12.8 Å². The molecule has 0 unspecified atom stereocenters. The van der Waals surface area contributed by atoms with Crippen LogP contribution in [0.25, 0.3) is 0 Å². The van der Waals surface area contributed by atoms with E-state index in [1.807, 2.05) is 18.2 Å². The quantitative estimate of drug-likeness (QED) is 0.620. The van der Waals surface area contributed by atoms with Gasteiger partial charge in [-0.3, -0.25) is 0 Å². The van der Waals surface area contributed by atoms with Gasteiger partial charge in [0.05, 0.1) is 5.02 Å².